The molecule has 0 radical (unpaired) electrons. The Morgan fingerprint density at radius 2 is 1.74 bits per heavy atom. The van der Waals surface area contributed by atoms with Crippen molar-refractivity contribution < 1.29 is 14.3 Å². The van der Waals surface area contributed by atoms with Gasteiger partial charge in [0.2, 0.25) is 6.79 Å². The van der Waals surface area contributed by atoms with E-state index in [1.165, 1.54) is 0 Å². The Morgan fingerprint density at radius 3 is 2.33 bits per heavy atom. The minimum absolute atomic E-state index is 0. The molecule has 2 aromatic carbocycles. The Morgan fingerprint density at radius 1 is 1.11 bits per heavy atom. The summed E-state index contributed by atoms with van der Waals surface area (Å²) < 4.78 is 10.6. The smallest absolute Gasteiger partial charge is 0.255 e. The van der Waals surface area contributed by atoms with Crippen LogP contribution in [0.2, 0.25) is 0 Å². The van der Waals surface area contributed by atoms with Gasteiger partial charge in [-0.05, 0) is 37.6 Å². The van der Waals surface area contributed by atoms with Gasteiger partial charge in [0.1, 0.15) is 0 Å². The van der Waals surface area contributed by atoms with E-state index in [2.05, 4.69) is 24.1 Å². The number of hydrogen-bond acceptors (Lipinski definition) is 5. The molecule has 6 nitrogen and oxygen atoms in total. The molecule has 1 aliphatic rings. The van der Waals surface area contributed by atoms with Crippen molar-refractivity contribution in [3.8, 4) is 11.5 Å². The first kappa shape index (κ1) is 22.7. The van der Waals surface area contributed by atoms with E-state index in [1.54, 1.807) is 12.1 Å². The summed E-state index contributed by atoms with van der Waals surface area (Å²) in [4.78, 5) is 14.8. The van der Waals surface area contributed by atoms with Gasteiger partial charge in [-0.15, -0.1) is 24.8 Å². The second-order valence-corrected chi connectivity index (χ2v) is 5.87. The predicted octanol–water partition coefficient (Wildman–Crippen LogP) is 4.33. The molecule has 148 valence electrons. The van der Waals surface area contributed by atoms with Crippen molar-refractivity contribution in [1.29, 1.82) is 0 Å². The van der Waals surface area contributed by atoms with Crippen molar-refractivity contribution in [2.75, 3.05) is 35.8 Å². The number of fused-ring (bicyclic) bond motifs is 1. The molecule has 3 N–H and O–H groups in total. The third-order valence-corrected chi connectivity index (χ3v) is 4.16. The first-order valence-electron chi connectivity index (χ1n) is 8.47. The number of halogens is 2. The topological polar surface area (TPSA) is 76.8 Å². The minimum Gasteiger partial charge on any atom is -0.454 e. The first-order valence-corrected chi connectivity index (χ1v) is 8.47. The van der Waals surface area contributed by atoms with E-state index < -0.39 is 0 Å². The standard InChI is InChI=1S/C19H23N3O3.2ClH/c1-3-9-22(4-2)14-7-5-13(6-8-14)19(23)21-16-11-18-17(10-15(16)20)24-12-25-18;;/h5-8,10-11H,3-4,9,12,20H2,1-2H3,(H,21,23);2*1H. The summed E-state index contributed by atoms with van der Waals surface area (Å²) in [5, 5.41) is 2.83. The summed E-state index contributed by atoms with van der Waals surface area (Å²) in [5.41, 5.74) is 8.62. The lowest BCUT2D eigenvalue weighted by Gasteiger charge is -2.22. The van der Waals surface area contributed by atoms with E-state index >= 15 is 0 Å². The minimum atomic E-state index is -0.212. The maximum absolute atomic E-state index is 12.5. The zero-order chi connectivity index (χ0) is 17.8. The van der Waals surface area contributed by atoms with Crippen LogP contribution in [0.5, 0.6) is 11.5 Å². The van der Waals surface area contributed by atoms with Gasteiger partial charge in [-0.2, -0.15) is 0 Å². The molecule has 0 unspecified atom stereocenters. The number of nitrogens with two attached hydrogens (primary N) is 1. The molecular weight excluding hydrogens is 389 g/mol. The fourth-order valence-corrected chi connectivity index (χ4v) is 2.82. The van der Waals surface area contributed by atoms with Crippen LogP contribution in [-0.2, 0) is 0 Å². The number of anilines is 3. The normalized spacial score (nSPS) is 11.2. The molecule has 0 bridgehead atoms. The molecule has 0 spiro atoms. The predicted molar refractivity (Wildman–Crippen MR) is 114 cm³/mol. The van der Waals surface area contributed by atoms with Crippen LogP contribution in [0.3, 0.4) is 0 Å². The molecule has 0 atom stereocenters. The van der Waals surface area contributed by atoms with E-state index in [-0.39, 0.29) is 37.5 Å². The number of ether oxygens (including phenoxy) is 2. The van der Waals surface area contributed by atoms with E-state index in [1.807, 2.05) is 24.3 Å². The molecule has 2 aromatic rings. The van der Waals surface area contributed by atoms with Gasteiger partial charge in [-0.25, -0.2) is 0 Å². The Hall–Kier alpha value is -2.31. The molecule has 0 aromatic heterocycles. The highest BCUT2D eigenvalue weighted by molar-refractivity contribution is 6.06. The number of amides is 1. The van der Waals surface area contributed by atoms with Crippen LogP contribution in [0.4, 0.5) is 17.1 Å². The Balaban J connectivity index is 0.00000182. The zero-order valence-electron chi connectivity index (χ0n) is 15.4. The monoisotopic (exact) mass is 413 g/mol. The number of benzene rings is 2. The largest absolute Gasteiger partial charge is 0.454 e. The number of carbonyl (C=O) groups excluding carboxylic acids is 1. The Kier molecular flexibility index (Phi) is 8.53. The van der Waals surface area contributed by atoms with Gasteiger partial charge < -0.3 is 25.4 Å². The third kappa shape index (κ3) is 5.11. The van der Waals surface area contributed by atoms with Gasteiger partial charge in [0.15, 0.2) is 11.5 Å². The summed E-state index contributed by atoms with van der Waals surface area (Å²) in [7, 11) is 0. The SMILES string of the molecule is CCCN(CC)c1ccc(C(=O)Nc2cc3c(cc2N)OCO3)cc1.Cl.Cl. The lowest BCUT2D eigenvalue weighted by Crippen LogP contribution is -2.23. The molecule has 8 heteroatoms. The molecule has 0 fully saturated rings. The second-order valence-electron chi connectivity index (χ2n) is 5.87. The quantitative estimate of drug-likeness (QED) is 0.689. The molecule has 1 heterocycles. The van der Waals surface area contributed by atoms with Crippen molar-refractivity contribution in [2.45, 2.75) is 20.3 Å². The van der Waals surface area contributed by atoms with Gasteiger partial charge in [-0.3, -0.25) is 4.79 Å². The van der Waals surface area contributed by atoms with Crippen LogP contribution in [0.1, 0.15) is 30.6 Å². The molecule has 0 saturated carbocycles. The van der Waals surface area contributed by atoms with Crippen molar-refractivity contribution >= 4 is 47.8 Å². The van der Waals surface area contributed by atoms with Crippen LogP contribution < -0.4 is 25.4 Å². The lowest BCUT2D eigenvalue weighted by molar-refractivity contribution is 0.102. The molecular formula is C19H25Cl2N3O3. The maximum atomic E-state index is 12.5. The van der Waals surface area contributed by atoms with Crippen LogP contribution >= 0.6 is 24.8 Å². The van der Waals surface area contributed by atoms with Crippen molar-refractivity contribution in [1.82, 2.24) is 0 Å². The number of carbonyl (C=O) groups is 1. The zero-order valence-corrected chi connectivity index (χ0v) is 17.0. The molecule has 1 amide bonds. The highest BCUT2D eigenvalue weighted by Crippen LogP contribution is 2.38. The highest BCUT2D eigenvalue weighted by Gasteiger charge is 2.17. The molecule has 3 rings (SSSR count). The number of nitrogens with one attached hydrogen (secondary N) is 1. The fourth-order valence-electron chi connectivity index (χ4n) is 2.82. The lowest BCUT2D eigenvalue weighted by atomic mass is 10.1. The van der Waals surface area contributed by atoms with Gasteiger partial charge >= 0.3 is 0 Å². The summed E-state index contributed by atoms with van der Waals surface area (Å²) in [6.07, 6.45) is 1.08. The van der Waals surface area contributed by atoms with E-state index in [0.717, 1.165) is 25.2 Å². The average molecular weight is 414 g/mol. The fraction of sp³-hybridized carbons (Fsp3) is 0.316. The first-order chi connectivity index (χ1) is 12.1. The van der Waals surface area contributed by atoms with Crippen LogP contribution in [0.15, 0.2) is 36.4 Å². The molecule has 0 saturated heterocycles. The Labute approximate surface area is 171 Å². The van der Waals surface area contributed by atoms with E-state index in [0.29, 0.717) is 28.4 Å². The second kappa shape index (κ2) is 10.1. The van der Waals surface area contributed by atoms with Crippen LogP contribution in [-0.4, -0.2) is 25.8 Å². The summed E-state index contributed by atoms with van der Waals surface area (Å²) >= 11 is 0. The Bertz CT molecular complexity index is 770. The van der Waals surface area contributed by atoms with Crippen molar-refractivity contribution in [2.24, 2.45) is 0 Å². The summed E-state index contributed by atoms with van der Waals surface area (Å²) in [6, 6.07) is 10.9. The summed E-state index contributed by atoms with van der Waals surface area (Å²) in [6.45, 7) is 6.38. The summed E-state index contributed by atoms with van der Waals surface area (Å²) in [5.74, 6) is 0.962. The van der Waals surface area contributed by atoms with Gasteiger partial charge in [-0.1, -0.05) is 6.92 Å². The van der Waals surface area contributed by atoms with Gasteiger partial charge in [0.05, 0.1) is 11.4 Å². The van der Waals surface area contributed by atoms with Crippen LogP contribution in [0.25, 0.3) is 0 Å². The van der Waals surface area contributed by atoms with Gasteiger partial charge in [0, 0.05) is 36.5 Å². The number of nitrogens with zero attached hydrogens (tertiary/aromatic N) is 1. The number of nitrogen functional groups attached to an aromatic ring is 1. The number of hydrogen-bond donors (Lipinski definition) is 2. The maximum Gasteiger partial charge on any atom is 0.255 e. The molecule has 0 aliphatic carbocycles. The van der Waals surface area contributed by atoms with Crippen molar-refractivity contribution in [3.05, 3.63) is 42.0 Å². The van der Waals surface area contributed by atoms with E-state index in [9.17, 15) is 4.79 Å². The van der Waals surface area contributed by atoms with Crippen molar-refractivity contribution in [3.63, 3.8) is 0 Å². The van der Waals surface area contributed by atoms with E-state index in [4.69, 9.17) is 15.2 Å². The molecule has 27 heavy (non-hydrogen) atoms. The highest BCUT2D eigenvalue weighted by atomic mass is 35.5. The van der Waals surface area contributed by atoms with Gasteiger partial charge in [0.25, 0.3) is 5.91 Å². The van der Waals surface area contributed by atoms with Crippen LogP contribution in [0, 0.1) is 0 Å². The molecule has 1 aliphatic heterocycles. The number of rotatable bonds is 6. The average Bonchev–Trinajstić information content (AvgIpc) is 3.07. The third-order valence-electron chi connectivity index (χ3n) is 4.16.